The Bertz CT molecular complexity index is 2910. The molecular formula is C76H117N7O19. The largest absolute Gasteiger partial charge is 0.382 e. The van der Waals surface area contributed by atoms with Crippen molar-refractivity contribution in [3.63, 3.8) is 0 Å². The Kier molecular flexibility index (Phi) is 38.3. The van der Waals surface area contributed by atoms with Crippen LogP contribution in [0, 0.1) is 29.6 Å². The van der Waals surface area contributed by atoms with Gasteiger partial charge in [0.15, 0.2) is 0 Å². The normalized spacial score (nSPS) is 19.3. The van der Waals surface area contributed by atoms with Gasteiger partial charge in [0.05, 0.1) is 136 Å². The number of ether oxygens (including phenoxy) is 10. The minimum absolute atomic E-state index is 0.0416. The van der Waals surface area contributed by atoms with Gasteiger partial charge in [0.1, 0.15) is 17.9 Å². The molecule has 3 aliphatic heterocycles. The van der Waals surface area contributed by atoms with Gasteiger partial charge in [0, 0.05) is 96.6 Å². The fourth-order valence-electron chi connectivity index (χ4n) is 14.1. The fourth-order valence-corrected chi connectivity index (χ4v) is 14.1. The number of ketones is 1. The van der Waals surface area contributed by atoms with E-state index in [4.69, 9.17) is 47.4 Å². The summed E-state index contributed by atoms with van der Waals surface area (Å²) in [4.78, 5) is 130. The number of anilines is 1. The molecule has 2 saturated heterocycles. The molecule has 0 spiro atoms. The summed E-state index contributed by atoms with van der Waals surface area (Å²) < 4.78 is 56.1. The number of carbonyl (C=O) groups excluding carboxylic acids is 9. The number of hydrogen-bond acceptors (Lipinski definition) is 19. The van der Waals surface area contributed by atoms with Gasteiger partial charge in [0.2, 0.25) is 35.4 Å². The lowest BCUT2D eigenvalue weighted by Crippen LogP contribution is -2.60. The van der Waals surface area contributed by atoms with Crippen molar-refractivity contribution < 1.29 is 90.5 Å². The predicted molar refractivity (Wildman–Crippen MR) is 381 cm³/mol. The zero-order valence-corrected chi connectivity index (χ0v) is 62.0. The van der Waals surface area contributed by atoms with Crippen LogP contribution in [0.15, 0.2) is 66.7 Å². The van der Waals surface area contributed by atoms with Crippen molar-refractivity contribution in [1.29, 1.82) is 0 Å². The van der Waals surface area contributed by atoms with Crippen LogP contribution >= 0.6 is 0 Å². The molecule has 3 N–H and O–H groups in total. The van der Waals surface area contributed by atoms with Gasteiger partial charge in [-0.3, -0.25) is 48.1 Å². The lowest BCUT2D eigenvalue weighted by molar-refractivity contribution is -0.149. The zero-order valence-electron chi connectivity index (χ0n) is 62.0. The Balaban J connectivity index is 0.948. The van der Waals surface area contributed by atoms with Crippen molar-refractivity contribution in [3.8, 4) is 0 Å². The Hall–Kier alpha value is -6.59. The standard InChI is InChI=1S/C76H117N7O19/c1-10-54(4)71(80(6)76(92)70(53(2)3)79-75(91)72-58-24-27-61(49-58)83(72)68(88)30-33-96-36-37-98-40-41-100-44-45-102-47-46-101-43-42-99-39-38-97-35-34-93-7)64(94-8)51-69(89)81-32-17-20-62(81)73(95-9)55(5)63(84)50-59(48-56-18-13-11-14-19-56)74(90)78-60-25-22-57(23-26-60)52-77-65(85)21-15-12-16-31-82-66(86)28-29-67(82)87/h11,13-14,18-19,22-23,25-26,28-29,53-55,58-59,61-62,64,70-73H,10,12,15-17,20-21,24,27,30-52H2,1-9H3,(H,77,85)(H,78,90)(H,79,91)/t54-,55-,58-,59+,61-,62-,64+,70-,71-,72-,73+/m0/s1. The molecule has 2 aromatic rings. The van der Waals surface area contributed by atoms with E-state index in [0.717, 1.165) is 24.0 Å². The average Bonchev–Trinajstić information content (AvgIpc) is 1.60. The minimum atomic E-state index is -0.948. The smallest absolute Gasteiger partial charge is 0.253 e. The number of rotatable bonds is 53. The van der Waals surface area contributed by atoms with Crippen molar-refractivity contribution in [3.05, 3.63) is 77.9 Å². The first kappa shape index (κ1) is 84.3. The number of nitrogens with zero attached hydrogens (tertiary/aromatic N) is 4. The summed E-state index contributed by atoms with van der Waals surface area (Å²) in [6.07, 6.45) is 7.70. The first-order valence-electron chi connectivity index (χ1n) is 36.8. The summed E-state index contributed by atoms with van der Waals surface area (Å²) in [5.41, 5.74) is 2.23. The Morgan fingerprint density at radius 2 is 1.23 bits per heavy atom. The fraction of sp³-hybridized carbons (Fsp3) is 0.697. The maximum Gasteiger partial charge on any atom is 0.253 e. The molecule has 26 nitrogen and oxygen atoms in total. The summed E-state index contributed by atoms with van der Waals surface area (Å²) in [7, 11) is 6.40. The number of fused-ring (bicyclic) bond motifs is 2. The molecule has 2 bridgehead atoms. The molecule has 8 amide bonds. The molecule has 4 aliphatic rings. The third kappa shape index (κ3) is 27.1. The predicted octanol–water partition coefficient (Wildman–Crippen LogP) is 6.14. The second kappa shape index (κ2) is 46.3. The van der Waals surface area contributed by atoms with Gasteiger partial charge in [-0.1, -0.05) is 89.9 Å². The summed E-state index contributed by atoms with van der Waals surface area (Å²) in [6, 6.07) is 13.8. The number of hydrogen-bond donors (Lipinski definition) is 3. The molecule has 6 rings (SSSR count). The highest BCUT2D eigenvalue weighted by atomic mass is 16.6. The number of likely N-dealkylation sites (tertiary alicyclic amines) is 2. The number of benzene rings is 2. The number of amides is 8. The molecule has 1 saturated carbocycles. The van der Waals surface area contributed by atoms with Gasteiger partial charge in [-0.2, -0.15) is 0 Å². The maximum atomic E-state index is 14.9. The van der Waals surface area contributed by atoms with Crippen molar-refractivity contribution in [2.45, 2.75) is 173 Å². The van der Waals surface area contributed by atoms with Gasteiger partial charge >= 0.3 is 0 Å². The van der Waals surface area contributed by atoms with Gasteiger partial charge in [-0.15, -0.1) is 0 Å². The Labute approximate surface area is 603 Å². The van der Waals surface area contributed by atoms with Crippen molar-refractivity contribution in [1.82, 2.24) is 30.2 Å². The number of unbranched alkanes of at least 4 members (excludes halogenated alkanes) is 2. The van der Waals surface area contributed by atoms with Gasteiger partial charge in [0.25, 0.3) is 11.8 Å². The molecule has 3 heterocycles. The number of nitrogens with one attached hydrogen (secondary N) is 3. The van der Waals surface area contributed by atoms with Crippen LogP contribution in [0.3, 0.4) is 0 Å². The van der Waals surface area contributed by atoms with E-state index in [9.17, 15) is 43.2 Å². The molecule has 11 atom stereocenters. The molecular weight excluding hydrogens is 1310 g/mol. The van der Waals surface area contributed by atoms with Crippen LogP contribution in [0.25, 0.3) is 0 Å². The van der Waals surface area contributed by atoms with Crippen molar-refractivity contribution in [2.24, 2.45) is 29.6 Å². The van der Waals surface area contributed by atoms with Crippen LogP contribution in [0.5, 0.6) is 0 Å². The van der Waals surface area contributed by atoms with E-state index in [1.54, 1.807) is 47.9 Å². The van der Waals surface area contributed by atoms with Crippen LogP contribution < -0.4 is 16.0 Å². The highest BCUT2D eigenvalue weighted by molar-refractivity contribution is 6.12. The van der Waals surface area contributed by atoms with E-state index in [-0.39, 0.29) is 116 Å². The highest BCUT2D eigenvalue weighted by Gasteiger charge is 2.52. The second-order valence-corrected chi connectivity index (χ2v) is 27.3. The average molecular weight is 1430 g/mol. The maximum absolute atomic E-state index is 14.9. The summed E-state index contributed by atoms with van der Waals surface area (Å²) in [6.45, 7) is 17.0. The van der Waals surface area contributed by atoms with E-state index in [2.05, 4.69) is 16.0 Å². The monoisotopic (exact) mass is 1430 g/mol. The number of imide groups is 1. The Morgan fingerprint density at radius 3 is 1.78 bits per heavy atom. The first-order chi connectivity index (χ1) is 49.3. The third-order valence-corrected chi connectivity index (χ3v) is 19.9. The molecule has 102 heavy (non-hydrogen) atoms. The van der Waals surface area contributed by atoms with Gasteiger partial charge < -0.3 is 78.0 Å². The lowest BCUT2D eigenvalue weighted by atomic mass is 9.85. The lowest BCUT2D eigenvalue weighted by Gasteiger charge is -2.41. The minimum Gasteiger partial charge on any atom is -0.382 e. The number of carbonyl (C=O) groups is 9. The summed E-state index contributed by atoms with van der Waals surface area (Å²) >= 11 is 0. The van der Waals surface area contributed by atoms with E-state index in [1.165, 1.54) is 31.3 Å². The van der Waals surface area contributed by atoms with E-state index in [1.807, 2.05) is 70.2 Å². The zero-order chi connectivity index (χ0) is 73.8. The van der Waals surface area contributed by atoms with Crippen LogP contribution in [-0.2, 0) is 103 Å². The van der Waals surface area contributed by atoms with E-state index < -0.39 is 48.2 Å². The topological polar surface area (TPSA) is 295 Å². The molecule has 570 valence electrons. The molecule has 26 heteroatoms. The highest BCUT2D eigenvalue weighted by Crippen LogP contribution is 2.43. The van der Waals surface area contributed by atoms with E-state index in [0.29, 0.717) is 162 Å². The number of methoxy groups -OCH3 is 3. The summed E-state index contributed by atoms with van der Waals surface area (Å²) in [5, 5.41) is 9.04. The molecule has 0 radical (unpaired) electrons. The van der Waals surface area contributed by atoms with Crippen LogP contribution in [0.2, 0.25) is 0 Å². The SMILES string of the molecule is CC[C@H](C)[C@@H]([C@@H](CC(=O)N1CCC[C@H]1[C@H](OC)[C@@H](C)C(=O)C[C@@H](Cc1ccccc1)C(=O)Nc1ccc(CNC(=O)CCCCCN2C(=O)C=CC2=O)cc1)OC)N(C)C(=O)[C@@H](NC(=O)[C@@H]1[C@H]2CC[C@@H](C2)N1C(=O)CCOCCOCCOCCOCCOCCOCCOCCOC)C(C)C. The Morgan fingerprint density at radius 1 is 0.637 bits per heavy atom. The molecule has 3 fully saturated rings. The van der Waals surface area contributed by atoms with Crippen molar-refractivity contribution in [2.75, 3.05) is 146 Å². The molecule has 1 aliphatic carbocycles. The van der Waals surface area contributed by atoms with Crippen molar-refractivity contribution >= 4 is 58.7 Å². The number of Topliss-reactive ketones (excluding diaryl/α,β-unsaturated/α-hetero) is 1. The third-order valence-electron chi connectivity index (χ3n) is 19.9. The molecule has 2 aromatic carbocycles. The van der Waals surface area contributed by atoms with Gasteiger partial charge in [-0.25, -0.2) is 0 Å². The molecule has 0 unspecified atom stereocenters. The quantitative estimate of drug-likeness (QED) is 0.0495. The van der Waals surface area contributed by atoms with Crippen LogP contribution in [0.4, 0.5) is 5.69 Å². The van der Waals surface area contributed by atoms with E-state index >= 15 is 0 Å². The number of likely N-dealkylation sites (N-methyl/N-ethyl adjacent to an activating group) is 1. The first-order valence-corrected chi connectivity index (χ1v) is 36.8. The molecule has 0 aromatic heterocycles. The van der Waals surface area contributed by atoms with Crippen LogP contribution in [-0.4, -0.2) is 256 Å². The second-order valence-electron chi connectivity index (χ2n) is 27.3. The van der Waals surface area contributed by atoms with Crippen LogP contribution in [0.1, 0.15) is 129 Å². The summed E-state index contributed by atoms with van der Waals surface area (Å²) in [5.74, 6) is -4.35. The number of piperidine rings is 1. The van der Waals surface area contributed by atoms with Gasteiger partial charge in [-0.05, 0) is 92.4 Å².